The van der Waals surface area contributed by atoms with E-state index in [2.05, 4.69) is 26.0 Å². The summed E-state index contributed by atoms with van der Waals surface area (Å²) in [5.74, 6) is 0.262. The predicted octanol–water partition coefficient (Wildman–Crippen LogP) is 5.59. The van der Waals surface area contributed by atoms with Gasteiger partial charge in [0.25, 0.3) is 0 Å². The minimum absolute atomic E-state index is 0.0729. The molecule has 2 aromatic rings. The van der Waals surface area contributed by atoms with Crippen LogP contribution in [0.4, 0.5) is 0 Å². The summed E-state index contributed by atoms with van der Waals surface area (Å²) in [5.41, 5.74) is 3.30. The van der Waals surface area contributed by atoms with E-state index in [9.17, 15) is 8.42 Å². The number of hydrogen-bond donors (Lipinski definition) is 0. The van der Waals surface area contributed by atoms with E-state index in [1.807, 2.05) is 50.3 Å². The summed E-state index contributed by atoms with van der Waals surface area (Å²) in [5, 5.41) is 0. The molecular formula is C23H26O3S. The van der Waals surface area contributed by atoms with Crippen molar-refractivity contribution >= 4 is 10.1 Å². The van der Waals surface area contributed by atoms with Crippen LogP contribution < -0.4 is 4.18 Å². The Bertz CT molecular complexity index is 966. The van der Waals surface area contributed by atoms with Gasteiger partial charge < -0.3 is 4.18 Å². The first kappa shape index (κ1) is 19.4. The Kier molecular flexibility index (Phi) is 5.29. The minimum Gasteiger partial charge on any atom is -0.379 e. The maximum atomic E-state index is 12.7. The molecule has 0 bridgehead atoms. The van der Waals surface area contributed by atoms with Crippen molar-refractivity contribution < 1.29 is 12.6 Å². The monoisotopic (exact) mass is 382 g/mol. The van der Waals surface area contributed by atoms with Crippen molar-refractivity contribution in [2.45, 2.75) is 39.5 Å². The van der Waals surface area contributed by atoms with Gasteiger partial charge in [-0.15, -0.1) is 0 Å². The predicted molar refractivity (Wildman–Crippen MR) is 110 cm³/mol. The molecule has 0 N–H and O–H groups in total. The Balaban J connectivity index is 1.82. The molecule has 0 fully saturated rings. The standard InChI is InChI=1S/C23H26O3S/c1-17-10-15-22(18(2)16-17)27(24,25)26-21-13-11-20(12-14-21)23(3,4)19-8-6-5-7-9-19/h5-15,18H,16H2,1-4H3. The van der Waals surface area contributed by atoms with Crippen molar-refractivity contribution in [1.29, 1.82) is 0 Å². The molecule has 0 spiro atoms. The van der Waals surface area contributed by atoms with E-state index in [1.54, 1.807) is 18.2 Å². The molecule has 1 atom stereocenters. The van der Waals surface area contributed by atoms with Gasteiger partial charge >= 0.3 is 10.1 Å². The van der Waals surface area contributed by atoms with Gasteiger partial charge in [-0.25, -0.2) is 0 Å². The lowest BCUT2D eigenvalue weighted by Gasteiger charge is -2.26. The first-order valence-corrected chi connectivity index (χ1v) is 10.6. The fourth-order valence-corrected chi connectivity index (χ4v) is 4.76. The molecule has 142 valence electrons. The maximum absolute atomic E-state index is 12.7. The topological polar surface area (TPSA) is 43.4 Å². The number of hydrogen-bond acceptors (Lipinski definition) is 3. The molecule has 0 aromatic heterocycles. The molecule has 3 nitrogen and oxygen atoms in total. The van der Waals surface area contributed by atoms with Crippen molar-refractivity contribution in [2.75, 3.05) is 0 Å². The van der Waals surface area contributed by atoms with Gasteiger partial charge in [0.2, 0.25) is 0 Å². The van der Waals surface area contributed by atoms with E-state index < -0.39 is 10.1 Å². The number of rotatable bonds is 5. The molecule has 1 aliphatic carbocycles. The van der Waals surface area contributed by atoms with Crippen LogP contribution in [-0.4, -0.2) is 8.42 Å². The third kappa shape index (κ3) is 4.16. The fraction of sp³-hybridized carbons (Fsp3) is 0.304. The highest BCUT2D eigenvalue weighted by molar-refractivity contribution is 7.91. The molecule has 0 saturated carbocycles. The molecular weight excluding hydrogens is 356 g/mol. The second kappa shape index (κ2) is 7.35. The van der Waals surface area contributed by atoms with Gasteiger partial charge in [0.15, 0.2) is 0 Å². The maximum Gasteiger partial charge on any atom is 0.335 e. The largest absolute Gasteiger partial charge is 0.379 e. The van der Waals surface area contributed by atoms with Crippen LogP contribution in [0.15, 0.2) is 77.2 Å². The van der Waals surface area contributed by atoms with Crippen LogP contribution in [0.2, 0.25) is 0 Å². The van der Waals surface area contributed by atoms with Gasteiger partial charge in [-0.2, -0.15) is 8.42 Å². The van der Waals surface area contributed by atoms with E-state index in [0.29, 0.717) is 10.7 Å². The van der Waals surface area contributed by atoms with E-state index in [0.717, 1.165) is 12.0 Å². The summed E-state index contributed by atoms with van der Waals surface area (Å²) in [6.45, 7) is 8.22. The highest BCUT2D eigenvalue weighted by Crippen LogP contribution is 2.34. The lowest BCUT2D eigenvalue weighted by molar-refractivity contribution is 0.484. The Hall–Kier alpha value is -2.33. The first-order chi connectivity index (χ1) is 12.7. The molecule has 0 amide bonds. The van der Waals surface area contributed by atoms with Crippen LogP contribution >= 0.6 is 0 Å². The SMILES string of the molecule is CC1=CC=C(S(=O)(=O)Oc2ccc(C(C)(C)c3ccccc3)cc2)C(C)C1. The van der Waals surface area contributed by atoms with Crippen molar-refractivity contribution in [1.82, 2.24) is 0 Å². The first-order valence-electron chi connectivity index (χ1n) is 9.18. The molecule has 0 heterocycles. The van der Waals surface area contributed by atoms with Gasteiger partial charge in [0.05, 0.1) is 4.91 Å². The van der Waals surface area contributed by atoms with E-state index in [1.165, 1.54) is 11.1 Å². The molecule has 0 radical (unpaired) electrons. The average Bonchev–Trinajstić information content (AvgIpc) is 2.62. The van der Waals surface area contributed by atoms with Crippen molar-refractivity contribution in [2.24, 2.45) is 5.92 Å². The third-order valence-corrected chi connectivity index (χ3v) is 6.74. The fourth-order valence-electron chi connectivity index (χ4n) is 3.49. The smallest absolute Gasteiger partial charge is 0.335 e. The van der Waals surface area contributed by atoms with Crippen LogP contribution in [0.1, 0.15) is 45.2 Å². The van der Waals surface area contributed by atoms with Crippen molar-refractivity contribution in [3.8, 4) is 5.75 Å². The number of benzene rings is 2. The van der Waals surface area contributed by atoms with Crippen molar-refractivity contribution in [3.63, 3.8) is 0 Å². The van der Waals surface area contributed by atoms with Gasteiger partial charge in [0.1, 0.15) is 5.75 Å². The van der Waals surface area contributed by atoms with Gasteiger partial charge in [-0.1, -0.05) is 74.9 Å². The Morgan fingerprint density at radius 2 is 1.52 bits per heavy atom. The van der Waals surface area contributed by atoms with Crippen LogP contribution in [0.5, 0.6) is 5.75 Å². The third-order valence-electron chi connectivity index (χ3n) is 5.21. The summed E-state index contributed by atoms with van der Waals surface area (Å²) < 4.78 is 30.7. The summed E-state index contributed by atoms with van der Waals surface area (Å²) in [6.07, 6.45) is 4.24. The second-order valence-electron chi connectivity index (χ2n) is 7.74. The minimum atomic E-state index is -3.79. The zero-order chi connectivity index (χ0) is 19.7. The quantitative estimate of drug-likeness (QED) is 0.633. The summed E-state index contributed by atoms with van der Waals surface area (Å²) in [4.78, 5) is 0.335. The molecule has 1 unspecified atom stereocenters. The number of allylic oxidation sites excluding steroid dienone is 4. The molecule has 0 aliphatic heterocycles. The molecule has 0 saturated heterocycles. The Labute approximate surface area is 162 Å². The molecule has 27 heavy (non-hydrogen) atoms. The van der Waals surface area contributed by atoms with E-state index >= 15 is 0 Å². The van der Waals surface area contributed by atoms with Crippen LogP contribution in [0.25, 0.3) is 0 Å². The molecule has 1 aliphatic rings. The molecule has 4 heteroatoms. The highest BCUT2D eigenvalue weighted by Gasteiger charge is 2.28. The van der Waals surface area contributed by atoms with Gasteiger partial charge in [-0.3, -0.25) is 0 Å². The van der Waals surface area contributed by atoms with Gasteiger partial charge in [-0.05, 0) is 48.6 Å². The second-order valence-corrected chi connectivity index (χ2v) is 9.29. The summed E-state index contributed by atoms with van der Waals surface area (Å²) >= 11 is 0. The van der Waals surface area contributed by atoms with E-state index in [-0.39, 0.29) is 11.3 Å². The normalized spacial score (nSPS) is 17.9. The van der Waals surface area contributed by atoms with Crippen molar-refractivity contribution in [3.05, 3.63) is 88.4 Å². The van der Waals surface area contributed by atoms with E-state index in [4.69, 9.17) is 4.18 Å². The molecule has 2 aromatic carbocycles. The summed E-state index contributed by atoms with van der Waals surface area (Å²) in [6, 6.07) is 17.6. The Morgan fingerprint density at radius 3 is 2.11 bits per heavy atom. The zero-order valence-corrected chi connectivity index (χ0v) is 17.1. The van der Waals surface area contributed by atoms with Crippen LogP contribution in [-0.2, 0) is 15.5 Å². The van der Waals surface area contributed by atoms with Crippen LogP contribution in [0.3, 0.4) is 0 Å². The molecule has 3 rings (SSSR count). The highest BCUT2D eigenvalue weighted by atomic mass is 32.2. The summed E-state index contributed by atoms with van der Waals surface area (Å²) in [7, 11) is -3.79. The lowest BCUT2D eigenvalue weighted by Crippen LogP contribution is -2.20. The Morgan fingerprint density at radius 1 is 0.926 bits per heavy atom. The van der Waals surface area contributed by atoms with Crippen LogP contribution in [0, 0.1) is 5.92 Å². The van der Waals surface area contributed by atoms with Gasteiger partial charge in [0, 0.05) is 5.41 Å². The zero-order valence-electron chi connectivity index (χ0n) is 16.3. The average molecular weight is 383 g/mol. The lowest BCUT2D eigenvalue weighted by atomic mass is 9.78.